The molecule has 0 radical (unpaired) electrons. The van der Waals surface area contributed by atoms with E-state index in [0.717, 1.165) is 25.6 Å². The predicted molar refractivity (Wildman–Crippen MR) is 74.4 cm³/mol. The second kappa shape index (κ2) is 9.90. The maximum atomic E-state index is 5.99. The Labute approximate surface area is 108 Å². The van der Waals surface area contributed by atoms with Crippen molar-refractivity contribution in [1.29, 1.82) is 0 Å². The van der Waals surface area contributed by atoms with E-state index < -0.39 is 0 Å². The number of rotatable bonds is 9. The first-order valence-corrected chi connectivity index (χ1v) is 7.69. The summed E-state index contributed by atoms with van der Waals surface area (Å²) in [6, 6.07) is 0. The summed E-state index contributed by atoms with van der Waals surface area (Å²) >= 11 is 0. The molecule has 0 aliphatic heterocycles. The van der Waals surface area contributed by atoms with Crippen LogP contribution in [-0.4, -0.2) is 25.8 Å². The fraction of sp³-hybridized carbons (Fsp3) is 1.00. The summed E-state index contributed by atoms with van der Waals surface area (Å²) in [6.45, 7) is 7.80. The summed E-state index contributed by atoms with van der Waals surface area (Å²) < 4.78 is 5.99. The molecule has 1 N–H and O–H groups in total. The number of unbranched alkanes of at least 4 members (excludes halogenated alkanes) is 1. The topological polar surface area (TPSA) is 21.3 Å². The Morgan fingerprint density at radius 3 is 2.76 bits per heavy atom. The third-order valence-electron chi connectivity index (χ3n) is 3.84. The lowest BCUT2D eigenvalue weighted by molar-refractivity contribution is 0.0109. The van der Waals surface area contributed by atoms with Gasteiger partial charge in [-0.1, -0.05) is 33.1 Å². The van der Waals surface area contributed by atoms with Crippen molar-refractivity contribution in [2.45, 2.75) is 71.3 Å². The van der Waals surface area contributed by atoms with Crippen molar-refractivity contribution in [3.63, 3.8) is 0 Å². The first kappa shape index (κ1) is 15.0. The van der Waals surface area contributed by atoms with Crippen LogP contribution in [0.25, 0.3) is 0 Å². The van der Waals surface area contributed by atoms with Crippen LogP contribution in [0.15, 0.2) is 0 Å². The number of nitrogens with one attached hydrogen (secondary N) is 1. The maximum absolute atomic E-state index is 5.99. The summed E-state index contributed by atoms with van der Waals surface area (Å²) in [5.74, 6) is 0.931. The predicted octanol–water partition coefficient (Wildman–Crippen LogP) is 3.75. The lowest BCUT2D eigenvalue weighted by Gasteiger charge is -2.28. The Balaban J connectivity index is 1.91. The molecule has 1 saturated carbocycles. The highest BCUT2D eigenvalue weighted by molar-refractivity contribution is 4.72. The van der Waals surface area contributed by atoms with E-state index in [1.165, 1.54) is 51.4 Å². The molecule has 0 amide bonds. The average Bonchev–Trinajstić information content (AvgIpc) is 2.38. The molecule has 0 saturated heterocycles. The molecule has 1 rings (SSSR count). The van der Waals surface area contributed by atoms with Crippen LogP contribution in [-0.2, 0) is 4.74 Å². The summed E-state index contributed by atoms with van der Waals surface area (Å²) in [5.41, 5.74) is 0. The molecule has 2 unspecified atom stereocenters. The van der Waals surface area contributed by atoms with Gasteiger partial charge in [0.25, 0.3) is 0 Å². The second-order valence-corrected chi connectivity index (χ2v) is 5.39. The van der Waals surface area contributed by atoms with Crippen LogP contribution in [0.3, 0.4) is 0 Å². The van der Waals surface area contributed by atoms with Crippen molar-refractivity contribution in [2.75, 3.05) is 19.7 Å². The zero-order valence-electron chi connectivity index (χ0n) is 11.8. The smallest absolute Gasteiger partial charge is 0.0577 e. The Hall–Kier alpha value is -0.0800. The third-order valence-corrected chi connectivity index (χ3v) is 3.84. The zero-order valence-corrected chi connectivity index (χ0v) is 11.8. The molecule has 0 bridgehead atoms. The minimum Gasteiger partial charge on any atom is -0.378 e. The van der Waals surface area contributed by atoms with Crippen LogP contribution in [0.2, 0.25) is 0 Å². The van der Waals surface area contributed by atoms with Gasteiger partial charge in [-0.15, -0.1) is 0 Å². The molecule has 2 atom stereocenters. The minimum atomic E-state index is 0.567. The summed E-state index contributed by atoms with van der Waals surface area (Å²) in [7, 11) is 0. The van der Waals surface area contributed by atoms with E-state index in [9.17, 15) is 0 Å². The maximum Gasteiger partial charge on any atom is 0.0577 e. The lowest BCUT2D eigenvalue weighted by atomic mass is 9.85. The minimum absolute atomic E-state index is 0.567. The van der Waals surface area contributed by atoms with Gasteiger partial charge in [-0.25, -0.2) is 0 Å². The number of ether oxygens (including phenoxy) is 1. The van der Waals surface area contributed by atoms with E-state index in [1.54, 1.807) is 0 Å². The highest BCUT2D eigenvalue weighted by Gasteiger charge is 2.20. The van der Waals surface area contributed by atoms with Crippen LogP contribution < -0.4 is 5.32 Å². The Kier molecular flexibility index (Phi) is 8.72. The van der Waals surface area contributed by atoms with Gasteiger partial charge in [0.15, 0.2) is 0 Å². The van der Waals surface area contributed by atoms with E-state index in [2.05, 4.69) is 19.2 Å². The molecule has 1 aliphatic rings. The first-order chi connectivity index (χ1) is 8.36. The van der Waals surface area contributed by atoms with Crippen molar-refractivity contribution >= 4 is 0 Å². The molecule has 0 heterocycles. The van der Waals surface area contributed by atoms with Gasteiger partial charge in [0.05, 0.1) is 6.10 Å². The van der Waals surface area contributed by atoms with Gasteiger partial charge >= 0.3 is 0 Å². The van der Waals surface area contributed by atoms with Crippen LogP contribution in [0, 0.1) is 5.92 Å². The number of hydrogen-bond acceptors (Lipinski definition) is 2. The molecule has 2 heteroatoms. The van der Waals surface area contributed by atoms with Gasteiger partial charge in [0.2, 0.25) is 0 Å². The number of hydrogen-bond donors (Lipinski definition) is 1. The summed E-state index contributed by atoms with van der Waals surface area (Å²) in [5, 5.41) is 3.43. The summed E-state index contributed by atoms with van der Waals surface area (Å²) in [6.07, 6.45) is 11.0. The quantitative estimate of drug-likeness (QED) is 0.621. The molecule has 0 spiro atoms. The van der Waals surface area contributed by atoms with Crippen LogP contribution in [0.1, 0.15) is 65.2 Å². The van der Waals surface area contributed by atoms with Crippen molar-refractivity contribution < 1.29 is 4.74 Å². The average molecular weight is 241 g/mol. The second-order valence-electron chi connectivity index (χ2n) is 5.39. The first-order valence-electron chi connectivity index (χ1n) is 7.69. The molecule has 2 nitrogen and oxygen atoms in total. The van der Waals surface area contributed by atoms with Crippen LogP contribution in [0.5, 0.6) is 0 Å². The van der Waals surface area contributed by atoms with Gasteiger partial charge in [0.1, 0.15) is 0 Å². The molecule has 0 aromatic heterocycles. The van der Waals surface area contributed by atoms with Crippen LogP contribution in [0.4, 0.5) is 0 Å². The van der Waals surface area contributed by atoms with Crippen molar-refractivity contribution in [1.82, 2.24) is 5.32 Å². The van der Waals surface area contributed by atoms with E-state index >= 15 is 0 Å². The van der Waals surface area contributed by atoms with E-state index in [-0.39, 0.29) is 0 Å². The SMILES string of the molecule is CCCNCCCCOC1CCCC(CC)C1. The van der Waals surface area contributed by atoms with Gasteiger partial charge in [-0.05, 0) is 51.1 Å². The van der Waals surface area contributed by atoms with Gasteiger partial charge < -0.3 is 10.1 Å². The highest BCUT2D eigenvalue weighted by atomic mass is 16.5. The van der Waals surface area contributed by atoms with Gasteiger partial charge in [-0.2, -0.15) is 0 Å². The fourth-order valence-corrected chi connectivity index (χ4v) is 2.67. The highest BCUT2D eigenvalue weighted by Crippen LogP contribution is 2.28. The monoisotopic (exact) mass is 241 g/mol. The van der Waals surface area contributed by atoms with E-state index in [4.69, 9.17) is 4.74 Å². The normalized spacial score (nSPS) is 25.1. The standard InChI is InChI=1S/C15H31NO/c1-3-10-16-11-5-6-12-17-15-9-7-8-14(4-2)13-15/h14-16H,3-13H2,1-2H3. The Bertz CT molecular complexity index is 172. The summed E-state index contributed by atoms with van der Waals surface area (Å²) in [4.78, 5) is 0. The largest absolute Gasteiger partial charge is 0.378 e. The van der Waals surface area contributed by atoms with Crippen LogP contribution >= 0.6 is 0 Å². The van der Waals surface area contributed by atoms with Gasteiger partial charge in [0, 0.05) is 6.61 Å². The van der Waals surface area contributed by atoms with Gasteiger partial charge in [-0.3, -0.25) is 0 Å². The molecule has 1 aliphatic carbocycles. The zero-order chi connectivity index (χ0) is 12.3. The van der Waals surface area contributed by atoms with E-state index in [1.807, 2.05) is 0 Å². The molecular weight excluding hydrogens is 210 g/mol. The molecule has 0 aromatic carbocycles. The molecule has 0 aromatic rings. The fourth-order valence-electron chi connectivity index (χ4n) is 2.67. The van der Waals surface area contributed by atoms with Crippen molar-refractivity contribution in [3.8, 4) is 0 Å². The van der Waals surface area contributed by atoms with E-state index in [0.29, 0.717) is 6.10 Å². The van der Waals surface area contributed by atoms with Crippen molar-refractivity contribution in [3.05, 3.63) is 0 Å². The van der Waals surface area contributed by atoms with Crippen molar-refractivity contribution in [2.24, 2.45) is 5.92 Å². The third kappa shape index (κ3) is 7.05. The molecule has 102 valence electrons. The molecule has 1 fully saturated rings. The Morgan fingerprint density at radius 1 is 1.12 bits per heavy atom. The Morgan fingerprint density at radius 2 is 2.00 bits per heavy atom. The lowest BCUT2D eigenvalue weighted by Crippen LogP contribution is -2.23. The molecular formula is C15H31NO. The molecule has 17 heavy (non-hydrogen) atoms.